The largest absolute Gasteiger partial charge is 0.312 e. The van der Waals surface area contributed by atoms with Gasteiger partial charge in [0.25, 0.3) is 0 Å². The number of aromatic nitrogens is 1. The third-order valence-corrected chi connectivity index (χ3v) is 4.93. The second kappa shape index (κ2) is 6.64. The zero-order chi connectivity index (χ0) is 13.0. The first kappa shape index (κ1) is 14.0. The number of aryl methyl sites for hydroxylation is 2. The standard InChI is InChI=1S/C14H25N3S/c1-11-14(18-12(2)16-11)10-15-7-4-13-5-8-17(3)9-6-13/h13,15H,4-10H2,1-3H3. The lowest BCUT2D eigenvalue weighted by Crippen LogP contribution is -2.31. The Kier molecular flexibility index (Phi) is 5.15. The van der Waals surface area contributed by atoms with E-state index in [0.717, 1.165) is 19.0 Å². The van der Waals surface area contributed by atoms with Crippen molar-refractivity contribution >= 4 is 11.3 Å². The highest BCUT2D eigenvalue weighted by atomic mass is 32.1. The number of nitrogens with zero attached hydrogens (tertiary/aromatic N) is 2. The molecule has 3 nitrogen and oxygen atoms in total. The van der Waals surface area contributed by atoms with Gasteiger partial charge in [-0.3, -0.25) is 0 Å². The van der Waals surface area contributed by atoms with Gasteiger partial charge >= 0.3 is 0 Å². The summed E-state index contributed by atoms with van der Waals surface area (Å²) in [7, 11) is 2.23. The van der Waals surface area contributed by atoms with Gasteiger partial charge < -0.3 is 10.2 Å². The number of rotatable bonds is 5. The lowest BCUT2D eigenvalue weighted by molar-refractivity contribution is 0.211. The summed E-state index contributed by atoms with van der Waals surface area (Å²) in [5.41, 5.74) is 1.20. The van der Waals surface area contributed by atoms with Crippen LogP contribution in [0, 0.1) is 19.8 Å². The van der Waals surface area contributed by atoms with Crippen molar-refractivity contribution in [1.29, 1.82) is 0 Å². The number of thiazole rings is 1. The molecule has 0 spiro atoms. The Bertz CT molecular complexity index is 367. The van der Waals surface area contributed by atoms with E-state index in [9.17, 15) is 0 Å². The van der Waals surface area contributed by atoms with Gasteiger partial charge in [0, 0.05) is 11.4 Å². The zero-order valence-corrected chi connectivity index (χ0v) is 12.6. The van der Waals surface area contributed by atoms with Crippen molar-refractivity contribution in [3.05, 3.63) is 15.6 Å². The highest BCUT2D eigenvalue weighted by Gasteiger charge is 2.15. The molecule has 0 aliphatic carbocycles. The van der Waals surface area contributed by atoms with Crippen LogP contribution in [-0.2, 0) is 6.54 Å². The van der Waals surface area contributed by atoms with Gasteiger partial charge in [0.15, 0.2) is 0 Å². The topological polar surface area (TPSA) is 28.2 Å². The summed E-state index contributed by atoms with van der Waals surface area (Å²) in [5, 5.41) is 4.75. The first-order valence-electron chi connectivity index (χ1n) is 6.97. The highest BCUT2D eigenvalue weighted by molar-refractivity contribution is 7.11. The number of piperidine rings is 1. The van der Waals surface area contributed by atoms with E-state index in [0.29, 0.717) is 0 Å². The Balaban J connectivity index is 1.63. The smallest absolute Gasteiger partial charge is 0.0900 e. The minimum atomic E-state index is 0.929. The first-order valence-corrected chi connectivity index (χ1v) is 7.79. The van der Waals surface area contributed by atoms with E-state index in [1.165, 1.54) is 47.9 Å². The van der Waals surface area contributed by atoms with Gasteiger partial charge in [0.2, 0.25) is 0 Å². The molecular weight excluding hydrogens is 242 g/mol. The van der Waals surface area contributed by atoms with Gasteiger partial charge in [-0.05, 0) is 65.7 Å². The Hall–Kier alpha value is -0.450. The third-order valence-electron chi connectivity index (χ3n) is 3.85. The van der Waals surface area contributed by atoms with E-state index in [2.05, 4.69) is 36.1 Å². The van der Waals surface area contributed by atoms with Crippen LogP contribution in [0.4, 0.5) is 0 Å². The van der Waals surface area contributed by atoms with E-state index < -0.39 is 0 Å². The minimum Gasteiger partial charge on any atom is -0.312 e. The molecule has 0 radical (unpaired) electrons. The van der Waals surface area contributed by atoms with Crippen molar-refractivity contribution in [2.24, 2.45) is 5.92 Å². The van der Waals surface area contributed by atoms with E-state index >= 15 is 0 Å². The van der Waals surface area contributed by atoms with Gasteiger partial charge in [0.05, 0.1) is 10.7 Å². The monoisotopic (exact) mass is 267 g/mol. The molecule has 0 aromatic carbocycles. The SMILES string of the molecule is Cc1nc(C)c(CNCCC2CCN(C)CC2)s1. The molecule has 1 saturated heterocycles. The maximum atomic E-state index is 4.46. The average Bonchev–Trinajstić information content (AvgIpc) is 2.66. The molecule has 1 fully saturated rings. The van der Waals surface area contributed by atoms with Gasteiger partial charge in [-0.1, -0.05) is 0 Å². The fourth-order valence-electron chi connectivity index (χ4n) is 2.60. The molecule has 1 aromatic rings. The van der Waals surface area contributed by atoms with E-state index in [-0.39, 0.29) is 0 Å². The quantitative estimate of drug-likeness (QED) is 0.831. The van der Waals surface area contributed by atoms with E-state index in [4.69, 9.17) is 0 Å². The third kappa shape index (κ3) is 4.04. The summed E-state index contributed by atoms with van der Waals surface area (Å²) < 4.78 is 0. The molecule has 0 amide bonds. The predicted octanol–water partition coefficient (Wildman–Crippen LogP) is 2.58. The predicted molar refractivity (Wildman–Crippen MR) is 78.1 cm³/mol. The number of likely N-dealkylation sites (tertiary alicyclic amines) is 1. The second-order valence-electron chi connectivity index (χ2n) is 5.45. The van der Waals surface area contributed by atoms with Crippen LogP contribution in [-0.4, -0.2) is 36.6 Å². The molecule has 0 saturated carbocycles. The van der Waals surface area contributed by atoms with E-state index in [1.54, 1.807) is 0 Å². The van der Waals surface area contributed by atoms with Crippen LogP contribution in [0.15, 0.2) is 0 Å². The number of hydrogen-bond acceptors (Lipinski definition) is 4. The summed E-state index contributed by atoms with van der Waals surface area (Å²) in [5.74, 6) is 0.929. The zero-order valence-electron chi connectivity index (χ0n) is 11.8. The van der Waals surface area contributed by atoms with Crippen LogP contribution in [0.1, 0.15) is 34.8 Å². The molecule has 0 bridgehead atoms. The molecule has 1 N–H and O–H groups in total. The molecule has 102 valence electrons. The maximum absolute atomic E-state index is 4.46. The highest BCUT2D eigenvalue weighted by Crippen LogP contribution is 2.19. The number of hydrogen-bond donors (Lipinski definition) is 1. The van der Waals surface area contributed by atoms with Gasteiger partial charge in [0.1, 0.15) is 0 Å². The van der Waals surface area contributed by atoms with Crippen LogP contribution in [0.2, 0.25) is 0 Å². The molecule has 1 aliphatic rings. The molecule has 1 aliphatic heterocycles. The molecule has 2 heterocycles. The van der Waals surface area contributed by atoms with Crippen molar-refractivity contribution in [3.63, 3.8) is 0 Å². The summed E-state index contributed by atoms with van der Waals surface area (Å²) in [4.78, 5) is 8.30. The normalized spacial score (nSPS) is 18.4. The van der Waals surface area contributed by atoms with Crippen LogP contribution in [0.3, 0.4) is 0 Å². The molecule has 18 heavy (non-hydrogen) atoms. The van der Waals surface area contributed by atoms with Crippen molar-refractivity contribution in [2.75, 3.05) is 26.7 Å². The van der Waals surface area contributed by atoms with Crippen molar-refractivity contribution in [3.8, 4) is 0 Å². The Labute approximate surface area is 115 Å². The van der Waals surface area contributed by atoms with Crippen molar-refractivity contribution < 1.29 is 0 Å². The van der Waals surface area contributed by atoms with Gasteiger partial charge in [-0.25, -0.2) is 4.98 Å². The Morgan fingerprint density at radius 2 is 2.06 bits per heavy atom. The second-order valence-corrected chi connectivity index (χ2v) is 6.74. The van der Waals surface area contributed by atoms with Crippen LogP contribution in [0.5, 0.6) is 0 Å². The fourth-order valence-corrected chi connectivity index (χ4v) is 3.50. The summed E-state index contributed by atoms with van der Waals surface area (Å²) >= 11 is 1.82. The summed E-state index contributed by atoms with van der Waals surface area (Å²) in [6.45, 7) is 8.88. The number of nitrogens with one attached hydrogen (secondary N) is 1. The fraction of sp³-hybridized carbons (Fsp3) is 0.786. The molecule has 0 unspecified atom stereocenters. The lowest BCUT2D eigenvalue weighted by atomic mass is 9.94. The van der Waals surface area contributed by atoms with Gasteiger partial charge in [-0.15, -0.1) is 11.3 Å². The minimum absolute atomic E-state index is 0.929. The maximum Gasteiger partial charge on any atom is 0.0900 e. The molecule has 4 heteroatoms. The Morgan fingerprint density at radius 1 is 1.33 bits per heavy atom. The average molecular weight is 267 g/mol. The Morgan fingerprint density at radius 3 is 2.67 bits per heavy atom. The van der Waals surface area contributed by atoms with Crippen LogP contribution in [0.25, 0.3) is 0 Å². The molecule has 2 rings (SSSR count). The first-order chi connectivity index (χ1) is 8.65. The van der Waals surface area contributed by atoms with Gasteiger partial charge in [-0.2, -0.15) is 0 Å². The summed E-state index contributed by atoms with van der Waals surface area (Å²) in [6, 6.07) is 0. The molecular formula is C14H25N3S. The lowest BCUT2D eigenvalue weighted by Gasteiger charge is -2.28. The van der Waals surface area contributed by atoms with Crippen LogP contribution < -0.4 is 5.32 Å². The van der Waals surface area contributed by atoms with Crippen molar-refractivity contribution in [2.45, 2.75) is 39.7 Å². The van der Waals surface area contributed by atoms with Crippen molar-refractivity contribution in [1.82, 2.24) is 15.2 Å². The summed E-state index contributed by atoms with van der Waals surface area (Å²) in [6.07, 6.45) is 4.07. The molecule has 0 atom stereocenters. The van der Waals surface area contributed by atoms with Crippen LogP contribution >= 0.6 is 11.3 Å². The van der Waals surface area contributed by atoms with E-state index in [1.807, 2.05) is 11.3 Å². The molecule has 1 aromatic heterocycles.